The van der Waals surface area contributed by atoms with Crippen LogP contribution in [0.1, 0.15) is 23.0 Å². The normalized spacial score (nSPS) is 12.3. The predicted octanol–water partition coefficient (Wildman–Crippen LogP) is 4.47. The number of nitrogens with zero attached hydrogens (tertiary/aromatic N) is 3. The lowest BCUT2D eigenvalue weighted by molar-refractivity contribution is 0.250. The van der Waals surface area contributed by atoms with E-state index in [9.17, 15) is 4.79 Å². The number of aryl methyl sites for hydroxylation is 1. The highest BCUT2D eigenvalue weighted by Crippen LogP contribution is 2.42. The highest BCUT2D eigenvalue weighted by Gasteiger charge is 2.29. The van der Waals surface area contributed by atoms with Gasteiger partial charge < -0.3 is 5.32 Å². The fraction of sp³-hybridized carbons (Fsp3) is 0.0870. The van der Waals surface area contributed by atoms with E-state index < -0.39 is 0 Å². The van der Waals surface area contributed by atoms with Crippen LogP contribution in [0.25, 0.3) is 16.8 Å². The number of aromatic nitrogens is 3. The molecule has 5 rings (SSSR count). The molecule has 1 aliphatic carbocycles. The van der Waals surface area contributed by atoms with E-state index in [0.29, 0.717) is 11.8 Å². The van der Waals surface area contributed by atoms with Gasteiger partial charge in [0.15, 0.2) is 0 Å². The lowest BCUT2D eigenvalue weighted by Crippen LogP contribution is -2.33. The Bertz CT molecular complexity index is 1150. The van der Waals surface area contributed by atoms with E-state index in [1.54, 1.807) is 11.6 Å². The molecule has 3 aromatic carbocycles. The Morgan fingerprint density at radius 1 is 0.862 bits per heavy atom. The summed E-state index contributed by atoms with van der Waals surface area (Å²) in [5.74, 6) is 0.964. The van der Waals surface area contributed by atoms with Gasteiger partial charge in [-0.1, -0.05) is 66.7 Å². The van der Waals surface area contributed by atoms with Crippen LogP contribution in [-0.4, -0.2) is 20.8 Å². The van der Waals surface area contributed by atoms with Crippen molar-refractivity contribution in [3.05, 3.63) is 95.8 Å². The summed E-state index contributed by atoms with van der Waals surface area (Å²) in [7, 11) is 0. The van der Waals surface area contributed by atoms with Crippen molar-refractivity contribution >= 4 is 12.0 Å². The van der Waals surface area contributed by atoms with Crippen molar-refractivity contribution in [3.63, 3.8) is 0 Å². The van der Waals surface area contributed by atoms with Gasteiger partial charge in [-0.3, -0.25) is 5.32 Å². The van der Waals surface area contributed by atoms with E-state index in [1.807, 2.05) is 54.6 Å². The molecule has 0 spiro atoms. The maximum Gasteiger partial charge on any atom is 0.322 e. The van der Waals surface area contributed by atoms with Crippen molar-refractivity contribution in [2.45, 2.75) is 13.0 Å². The van der Waals surface area contributed by atoms with Crippen LogP contribution >= 0.6 is 0 Å². The summed E-state index contributed by atoms with van der Waals surface area (Å²) in [5, 5.41) is 10.4. The van der Waals surface area contributed by atoms with Crippen LogP contribution in [0.3, 0.4) is 0 Å². The van der Waals surface area contributed by atoms with Crippen molar-refractivity contribution in [1.82, 2.24) is 20.1 Å². The number of para-hydroxylation sites is 1. The Labute approximate surface area is 168 Å². The molecule has 0 aliphatic heterocycles. The Balaban J connectivity index is 1.43. The van der Waals surface area contributed by atoms with Gasteiger partial charge in [0.05, 0.1) is 11.7 Å². The Kier molecular flexibility index (Phi) is 4.09. The third-order valence-electron chi connectivity index (χ3n) is 5.05. The first kappa shape index (κ1) is 17.2. The lowest BCUT2D eigenvalue weighted by atomic mass is 10.1. The third-order valence-corrected chi connectivity index (χ3v) is 5.05. The molecule has 2 N–H and O–H groups in total. The average Bonchev–Trinajstić information content (AvgIpc) is 3.27. The molecule has 0 unspecified atom stereocenters. The smallest absolute Gasteiger partial charge is 0.322 e. The standard InChI is InChI=1S/C23H19N5O/c1-15-24-22(28(27-15)16-9-3-2-4-10-16)26-23(29)25-21-19-13-7-5-11-17(19)18-12-6-8-14-20(18)21/h2-14,21H,1H3,(H2,24,25,26,27,29). The van der Waals surface area contributed by atoms with E-state index in [4.69, 9.17) is 0 Å². The Morgan fingerprint density at radius 3 is 2.10 bits per heavy atom. The first-order chi connectivity index (χ1) is 14.2. The molecule has 1 aliphatic rings. The van der Waals surface area contributed by atoms with E-state index in [1.165, 1.54) is 0 Å². The number of benzene rings is 3. The molecule has 0 saturated heterocycles. The number of nitrogens with one attached hydrogen (secondary N) is 2. The third kappa shape index (κ3) is 3.04. The van der Waals surface area contributed by atoms with Gasteiger partial charge in [0.2, 0.25) is 5.95 Å². The second kappa shape index (κ2) is 6.91. The van der Waals surface area contributed by atoms with Crippen LogP contribution < -0.4 is 10.6 Å². The molecule has 1 aromatic heterocycles. The highest BCUT2D eigenvalue weighted by molar-refractivity contribution is 5.90. The maximum absolute atomic E-state index is 12.9. The fourth-order valence-corrected chi connectivity index (χ4v) is 3.82. The first-order valence-electron chi connectivity index (χ1n) is 9.45. The average molecular weight is 381 g/mol. The van der Waals surface area contributed by atoms with E-state index >= 15 is 0 Å². The first-order valence-corrected chi connectivity index (χ1v) is 9.45. The zero-order valence-corrected chi connectivity index (χ0v) is 15.8. The minimum Gasteiger partial charge on any atom is -0.327 e. The van der Waals surface area contributed by atoms with Gasteiger partial charge in [0, 0.05) is 0 Å². The largest absolute Gasteiger partial charge is 0.327 e. The summed E-state index contributed by atoms with van der Waals surface area (Å²) in [5.41, 5.74) is 5.31. The summed E-state index contributed by atoms with van der Waals surface area (Å²) in [6, 6.07) is 25.4. The Hall–Kier alpha value is -3.93. The Morgan fingerprint density at radius 2 is 1.45 bits per heavy atom. The van der Waals surface area contributed by atoms with Gasteiger partial charge in [0.1, 0.15) is 5.82 Å². The summed E-state index contributed by atoms with van der Waals surface area (Å²) in [4.78, 5) is 17.2. The monoisotopic (exact) mass is 381 g/mol. The van der Waals surface area contributed by atoms with Crippen molar-refractivity contribution in [2.24, 2.45) is 0 Å². The van der Waals surface area contributed by atoms with Gasteiger partial charge in [-0.05, 0) is 41.3 Å². The number of amides is 2. The summed E-state index contributed by atoms with van der Waals surface area (Å²) < 4.78 is 1.63. The second-order valence-electron chi connectivity index (χ2n) is 6.94. The number of hydrogen-bond acceptors (Lipinski definition) is 3. The summed E-state index contributed by atoms with van der Waals surface area (Å²) >= 11 is 0. The van der Waals surface area contributed by atoms with Gasteiger partial charge in [0.25, 0.3) is 0 Å². The van der Waals surface area contributed by atoms with Crippen LogP contribution in [0.4, 0.5) is 10.7 Å². The quantitative estimate of drug-likeness (QED) is 0.550. The molecular weight excluding hydrogens is 362 g/mol. The molecule has 6 heteroatoms. The summed E-state index contributed by atoms with van der Waals surface area (Å²) in [6.45, 7) is 1.80. The molecule has 1 heterocycles. The molecule has 142 valence electrons. The number of urea groups is 1. The van der Waals surface area contributed by atoms with Crippen molar-refractivity contribution in [1.29, 1.82) is 0 Å². The van der Waals surface area contributed by atoms with E-state index in [-0.39, 0.29) is 12.1 Å². The van der Waals surface area contributed by atoms with Gasteiger partial charge in [-0.15, -0.1) is 5.10 Å². The van der Waals surface area contributed by atoms with Crippen LogP contribution in [0.15, 0.2) is 78.9 Å². The predicted molar refractivity (Wildman–Crippen MR) is 112 cm³/mol. The maximum atomic E-state index is 12.9. The number of hydrogen-bond donors (Lipinski definition) is 2. The van der Waals surface area contributed by atoms with Crippen LogP contribution in [0.5, 0.6) is 0 Å². The number of carbonyl (C=O) groups excluding carboxylic acids is 1. The molecule has 0 bridgehead atoms. The van der Waals surface area contributed by atoms with Gasteiger partial charge in [-0.25, -0.2) is 4.79 Å². The van der Waals surface area contributed by atoms with Crippen LogP contribution in [0.2, 0.25) is 0 Å². The van der Waals surface area contributed by atoms with Gasteiger partial charge >= 0.3 is 6.03 Å². The van der Waals surface area contributed by atoms with E-state index in [2.05, 4.69) is 45.0 Å². The molecule has 0 fully saturated rings. The van der Waals surface area contributed by atoms with Crippen molar-refractivity contribution in [3.8, 4) is 16.8 Å². The zero-order valence-electron chi connectivity index (χ0n) is 15.8. The SMILES string of the molecule is Cc1nc(NC(=O)NC2c3ccccc3-c3ccccc32)n(-c2ccccc2)n1. The second-order valence-corrected chi connectivity index (χ2v) is 6.94. The zero-order chi connectivity index (χ0) is 19.8. The highest BCUT2D eigenvalue weighted by atomic mass is 16.2. The molecule has 0 saturated carbocycles. The molecule has 2 amide bonds. The van der Waals surface area contributed by atoms with Crippen LogP contribution in [-0.2, 0) is 0 Å². The van der Waals surface area contributed by atoms with Crippen molar-refractivity contribution in [2.75, 3.05) is 5.32 Å². The number of rotatable bonds is 3. The number of fused-ring (bicyclic) bond motifs is 3. The van der Waals surface area contributed by atoms with Crippen LogP contribution in [0, 0.1) is 6.92 Å². The van der Waals surface area contributed by atoms with E-state index in [0.717, 1.165) is 27.9 Å². The number of carbonyl (C=O) groups is 1. The minimum atomic E-state index is -0.328. The molecule has 6 nitrogen and oxygen atoms in total. The molecule has 29 heavy (non-hydrogen) atoms. The van der Waals surface area contributed by atoms with Crippen molar-refractivity contribution < 1.29 is 4.79 Å². The number of anilines is 1. The molecule has 0 radical (unpaired) electrons. The fourth-order valence-electron chi connectivity index (χ4n) is 3.82. The molecular formula is C23H19N5O. The molecule has 0 atom stereocenters. The lowest BCUT2D eigenvalue weighted by Gasteiger charge is -2.16. The molecule has 4 aromatic rings. The van der Waals surface area contributed by atoms with Gasteiger partial charge in [-0.2, -0.15) is 9.67 Å². The minimum absolute atomic E-state index is 0.211. The summed E-state index contributed by atoms with van der Waals surface area (Å²) in [6.07, 6.45) is 0. The topological polar surface area (TPSA) is 71.8 Å².